The predicted octanol–water partition coefficient (Wildman–Crippen LogP) is 2.88. The number of hydrogen-bond acceptors (Lipinski definition) is 1. The summed E-state index contributed by atoms with van der Waals surface area (Å²) in [6.07, 6.45) is 0. The molecule has 0 aliphatic heterocycles. The highest BCUT2D eigenvalue weighted by molar-refractivity contribution is 6.44. The molecule has 0 heterocycles. The summed E-state index contributed by atoms with van der Waals surface area (Å²) in [5.41, 5.74) is 2.15. The minimum atomic E-state index is -0.429. The van der Waals surface area contributed by atoms with E-state index in [2.05, 4.69) is 5.32 Å². The molecule has 1 rings (SSSR count). The van der Waals surface area contributed by atoms with Crippen molar-refractivity contribution in [1.29, 1.82) is 0 Å². The van der Waals surface area contributed by atoms with Crippen molar-refractivity contribution in [2.75, 3.05) is 7.05 Å². The third-order valence-corrected chi connectivity index (χ3v) is 2.09. The van der Waals surface area contributed by atoms with Crippen LogP contribution in [0.3, 0.4) is 0 Å². The maximum absolute atomic E-state index is 5.72. The second-order valence-corrected chi connectivity index (χ2v) is 3.67. The summed E-state index contributed by atoms with van der Waals surface area (Å²) < 4.78 is 0. The van der Waals surface area contributed by atoms with Crippen molar-refractivity contribution in [3.63, 3.8) is 0 Å². The van der Waals surface area contributed by atoms with Gasteiger partial charge in [-0.25, -0.2) is 0 Å². The van der Waals surface area contributed by atoms with Crippen molar-refractivity contribution in [1.82, 2.24) is 5.32 Å². The van der Waals surface area contributed by atoms with Gasteiger partial charge in [0.05, 0.1) is 0 Å². The van der Waals surface area contributed by atoms with Gasteiger partial charge in [0.25, 0.3) is 0 Å². The van der Waals surface area contributed by atoms with Gasteiger partial charge in [0, 0.05) is 6.54 Å². The topological polar surface area (TPSA) is 12.0 Å². The molecule has 0 aliphatic carbocycles. The van der Waals surface area contributed by atoms with E-state index < -0.39 is 4.84 Å². The van der Waals surface area contributed by atoms with Gasteiger partial charge in [0.1, 0.15) is 4.84 Å². The van der Waals surface area contributed by atoms with E-state index >= 15 is 0 Å². The molecule has 0 amide bonds. The molecule has 0 spiro atoms. The molecular weight excluding hydrogens is 193 g/mol. The van der Waals surface area contributed by atoms with Gasteiger partial charge < -0.3 is 5.32 Å². The SMILES string of the molecule is CNCc1cccc(C(Cl)Cl)c1. The van der Waals surface area contributed by atoms with E-state index in [1.54, 1.807) is 0 Å². The number of hydrogen-bond donors (Lipinski definition) is 1. The van der Waals surface area contributed by atoms with Gasteiger partial charge in [-0.05, 0) is 18.2 Å². The molecule has 0 aromatic heterocycles. The fraction of sp³-hybridized carbons (Fsp3) is 0.333. The third-order valence-electron chi connectivity index (χ3n) is 1.58. The van der Waals surface area contributed by atoms with Gasteiger partial charge in [-0.1, -0.05) is 24.3 Å². The van der Waals surface area contributed by atoms with Crippen LogP contribution >= 0.6 is 23.2 Å². The summed E-state index contributed by atoms with van der Waals surface area (Å²) in [5, 5.41) is 3.06. The van der Waals surface area contributed by atoms with Crippen molar-refractivity contribution in [2.24, 2.45) is 0 Å². The van der Waals surface area contributed by atoms with Gasteiger partial charge in [0.15, 0.2) is 0 Å². The molecule has 3 heteroatoms. The van der Waals surface area contributed by atoms with Gasteiger partial charge in [-0.15, -0.1) is 23.2 Å². The van der Waals surface area contributed by atoms with Crippen LogP contribution < -0.4 is 5.32 Å². The van der Waals surface area contributed by atoms with Crippen molar-refractivity contribution in [3.8, 4) is 0 Å². The maximum Gasteiger partial charge on any atom is 0.132 e. The van der Waals surface area contributed by atoms with E-state index in [1.807, 2.05) is 31.3 Å². The van der Waals surface area contributed by atoms with Crippen molar-refractivity contribution in [2.45, 2.75) is 11.4 Å². The van der Waals surface area contributed by atoms with Crippen LogP contribution in [0.2, 0.25) is 0 Å². The lowest BCUT2D eigenvalue weighted by Gasteiger charge is -2.04. The zero-order valence-electron chi connectivity index (χ0n) is 6.85. The Morgan fingerprint density at radius 3 is 2.75 bits per heavy atom. The number of nitrogens with one attached hydrogen (secondary N) is 1. The van der Waals surface area contributed by atoms with E-state index in [-0.39, 0.29) is 0 Å². The summed E-state index contributed by atoms with van der Waals surface area (Å²) in [4.78, 5) is -0.429. The quantitative estimate of drug-likeness (QED) is 0.746. The van der Waals surface area contributed by atoms with Crippen LogP contribution in [0.1, 0.15) is 16.0 Å². The Morgan fingerprint density at radius 2 is 2.17 bits per heavy atom. The Hall–Kier alpha value is -0.240. The first-order chi connectivity index (χ1) is 5.74. The molecule has 1 aromatic rings. The van der Waals surface area contributed by atoms with Gasteiger partial charge in [-0.2, -0.15) is 0 Å². The van der Waals surface area contributed by atoms with Crippen LogP contribution in [0.15, 0.2) is 24.3 Å². The minimum Gasteiger partial charge on any atom is -0.316 e. The monoisotopic (exact) mass is 203 g/mol. The molecule has 0 radical (unpaired) electrons. The molecule has 0 bridgehead atoms. The lowest BCUT2D eigenvalue weighted by Crippen LogP contribution is -2.05. The van der Waals surface area contributed by atoms with Crippen LogP contribution in [0.4, 0.5) is 0 Å². The molecule has 0 fully saturated rings. The van der Waals surface area contributed by atoms with E-state index in [0.717, 1.165) is 12.1 Å². The third kappa shape index (κ3) is 2.67. The summed E-state index contributed by atoms with van der Waals surface area (Å²) in [5.74, 6) is 0. The Bertz CT molecular complexity index is 248. The molecule has 1 nitrogen and oxygen atoms in total. The number of halogens is 2. The maximum atomic E-state index is 5.72. The average molecular weight is 204 g/mol. The van der Waals surface area contributed by atoms with Crippen LogP contribution in [-0.2, 0) is 6.54 Å². The zero-order chi connectivity index (χ0) is 8.97. The molecule has 0 atom stereocenters. The van der Waals surface area contributed by atoms with Crippen molar-refractivity contribution < 1.29 is 0 Å². The van der Waals surface area contributed by atoms with Crippen molar-refractivity contribution >= 4 is 23.2 Å². The second-order valence-electron chi connectivity index (χ2n) is 2.58. The van der Waals surface area contributed by atoms with Gasteiger partial charge in [0.2, 0.25) is 0 Å². The van der Waals surface area contributed by atoms with E-state index in [4.69, 9.17) is 23.2 Å². The van der Waals surface area contributed by atoms with E-state index in [9.17, 15) is 0 Å². The Morgan fingerprint density at radius 1 is 1.42 bits per heavy atom. The molecule has 1 aromatic carbocycles. The fourth-order valence-electron chi connectivity index (χ4n) is 1.04. The first-order valence-electron chi connectivity index (χ1n) is 3.75. The van der Waals surface area contributed by atoms with Crippen LogP contribution in [-0.4, -0.2) is 7.05 Å². The van der Waals surface area contributed by atoms with Gasteiger partial charge >= 0.3 is 0 Å². The van der Waals surface area contributed by atoms with Gasteiger partial charge in [-0.3, -0.25) is 0 Å². The first kappa shape index (κ1) is 9.85. The lowest BCUT2D eigenvalue weighted by molar-refractivity contribution is 0.816. The molecule has 66 valence electrons. The number of benzene rings is 1. The molecule has 1 N–H and O–H groups in total. The zero-order valence-corrected chi connectivity index (χ0v) is 8.36. The Labute approximate surface area is 82.7 Å². The van der Waals surface area contributed by atoms with Crippen LogP contribution in [0.25, 0.3) is 0 Å². The molecule has 0 saturated heterocycles. The molecule has 12 heavy (non-hydrogen) atoms. The Balaban J connectivity index is 2.81. The fourth-order valence-corrected chi connectivity index (χ4v) is 1.31. The summed E-state index contributed by atoms with van der Waals surface area (Å²) in [6.45, 7) is 0.842. The first-order valence-corrected chi connectivity index (χ1v) is 4.63. The lowest BCUT2D eigenvalue weighted by atomic mass is 10.1. The summed E-state index contributed by atoms with van der Waals surface area (Å²) in [7, 11) is 1.91. The normalized spacial score (nSPS) is 10.7. The summed E-state index contributed by atoms with van der Waals surface area (Å²) >= 11 is 11.4. The second kappa shape index (κ2) is 4.70. The average Bonchev–Trinajstić information content (AvgIpc) is 2.05. The number of alkyl halides is 2. The number of rotatable bonds is 3. The standard InChI is InChI=1S/C9H11Cl2N/c1-12-6-7-3-2-4-8(5-7)9(10)11/h2-5,9,12H,6H2,1H3. The van der Waals surface area contributed by atoms with Crippen LogP contribution in [0, 0.1) is 0 Å². The van der Waals surface area contributed by atoms with Crippen LogP contribution in [0.5, 0.6) is 0 Å². The molecular formula is C9H11Cl2N. The predicted molar refractivity (Wildman–Crippen MR) is 53.7 cm³/mol. The highest BCUT2D eigenvalue weighted by Crippen LogP contribution is 2.24. The van der Waals surface area contributed by atoms with E-state index in [0.29, 0.717) is 0 Å². The molecule has 0 saturated carbocycles. The molecule has 0 unspecified atom stereocenters. The Kier molecular flexibility index (Phi) is 3.86. The largest absolute Gasteiger partial charge is 0.316 e. The minimum absolute atomic E-state index is 0.429. The van der Waals surface area contributed by atoms with E-state index in [1.165, 1.54) is 5.56 Å². The van der Waals surface area contributed by atoms with Crippen molar-refractivity contribution in [3.05, 3.63) is 35.4 Å². The smallest absolute Gasteiger partial charge is 0.132 e. The summed E-state index contributed by atoms with van der Waals surface area (Å²) in [6, 6.07) is 7.92. The highest BCUT2D eigenvalue weighted by Gasteiger charge is 2.02. The highest BCUT2D eigenvalue weighted by atomic mass is 35.5. The molecule has 0 aliphatic rings.